The summed E-state index contributed by atoms with van der Waals surface area (Å²) < 4.78 is 0. The fourth-order valence-electron chi connectivity index (χ4n) is 0.986. The third kappa shape index (κ3) is 5.57. The van der Waals surface area contributed by atoms with Gasteiger partial charge in [-0.05, 0) is 6.92 Å². The van der Waals surface area contributed by atoms with E-state index in [-0.39, 0.29) is 17.9 Å². The van der Waals surface area contributed by atoms with Crippen molar-refractivity contribution in [3.05, 3.63) is 48.4 Å². The molecule has 0 aliphatic rings. The summed E-state index contributed by atoms with van der Waals surface area (Å²) in [5, 5.41) is 20.9. The van der Waals surface area contributed by atoms with E-state index in [1.54, 1.807) is 6.92 Å². The third-order valence-corrected chi connectivity index (χ3v) is 1.81. The van der Waals surface area contributed by atoms with E-state index in [1.807, 2.05) is 0 Å². The number of carbonyl (C=O) groups excluding carboxylic acids is 1. The number of aromatic amines is 1. The molecule has 0 aliphatic carbocycles. The van der Waals surface area contributed by atoms with Gasteiger partial charge in [-0.15, -0.1) is 10.1 Å². The Balaban J connectivity index is 0.000000511. The van der Waals surface area contributed by atoms with E-state index in [2.05, 4.69) is 15.1 Å². The molecular formula is C9H12N4O7. The molecule has 2 N–H and O–H groups in total. The average Bonchev–Trinajstić information content (AvgIpc) is 2.38. The van der Waals surface area contributed by atoms with Crippen LogP contribution in [-0.4, -0.2) is 34.6 Å². The Labute approximate surface area is 111 Å². The Kier molecular flexibility index (Phi) is 6.96. The molecule has 0 saturated heterocycles. The quantitative estimate of drug-likeness (QED) is 0.576. The van der Waals surface area contributed by atoms with Gasteiger partial charge in [0.05, 0.1) is 17.7 Å². The second kappa shape index (κ2) is 8.18. The molecule has 0 unspecified atom stereocenters. The molecule has 0 radical (unpaired) electrons. The molecule has 11 nitrogen and oxygen atoms in total. The van der Waals surface area contributed by atoms with Gasteiger partial charge in [0, 0.05) is 13.1 Å². The van der Waals surface area contributed by atoms with Crippen LogP contribution in [0.25, 0.3) is 0 Å². The van der Waals surface area contributed by atoms with Crippen LogP contribution in [-0.2, 0) is 4.84 Å². The highest BCUT2D eigenvalue weighted by Gasteiger charge is 2.14. The number of hydrogen-bond acceptors (Lipinski definition) is 7. The molecule has 0 bridgehead atoms. The summed E-state index contributed by atoms with van der Waals surface area (Å²) >= 11 is 0. The number of hydrogen-bond donors (Lipinski definition) is 2. The van der Waals surface area contributed by atoms with Crippen molar-refractivity contribution in [1.29, 1.82) is 0 Å². The summed E-state index contributed by atoms with van der Waals surface area (Å²) in [6.07, 6.45) is 0.939. The molecule has 1 rings (SSSR count). The summed E-state index contributed by atoms with van der Waals surface area (Å²) in [7, 11) is 1.33. The van der Waals surface area contributed by atoms with Gasteiger partial charge in [0.1, 0.15) is 5.56 Å². The summed E-state index contributed by atoms with van der Waals surface area (Å²) in [5.74, 6) is -0.657. The fraction of sp³-hybridized carbons (Fsp3) is 0.333. The highest BCUT2D eigenvalue weighted by atomic mass is 16.9. The second-order valence-electron chi connectivity index (χ2n) is 3.08. The molecule has 0 spiro atoms. The molecule has 110 valence electrons. The number of H-pyrrole nitrogens is 1. The summed E-state index contributed by atoms with van der Waals surface area (Å²) in [5.41, 5.74) is -1.26. The number of nitro groups is 1. The molecule has 20 heavy (non-hydrogen) atoms. The Morgan fingerprint density at radius 3 is 2.40 bits per heavy atom. The van der Waals surface area contributed by atoms with Crippen LogP contribution in [0.1, 0.15) is 17.3 Å². The molecule has 0 saturated carbocycles. The Morgan fingerprint density at radius 1 is 1.45 bits per heavy atom. The number of carbonyl (C=O) groups is 1. The first-order chi connectivity index (χ1) is 9.33. The standard InChI is InChI=1S/C7H7N3O4.C2H5NO3/c1-8-6(11)5-2-4(10(13)14)3-9-7(5)12;1-2-6-3(4)5/h2-3H,1H3,(H,8,11)(H,9,12);2H2,1H3. The van der Waals surface area contributed by atoms with E-state index >= 15 is 0 Å². The van der Waals surface area contributed by atoms with E-state index in [9.17, 15) is 29.8 Å². The van der Waals surface area contributed by atoms with Gasteiger partial charge in [-0.2, -0.15) is 0 Å². The van der Waals surface area contributed by atoms with Crippen molar-refractivity contribution in [3.63, 3.8) is 0 Å². The van der Waals surface area contributed by atoms with Crippen molar-refractivity contribution in [3.8, 4) is 0 Å². The molecule has 1 heterocycles. The van der Waals surface area contributed by atoms with Crippen LogP contribution < -0.4 is 10.9 Å². The van der Waals surface area contributed by atoms with Gasteiger partial charge in [0.15, 0.2) is 0 Å². The van der Waals surface area contributed by atoms with Crippen LogP contribution in [0.4, 0.5) is 5.69 Å². The van der Waals surface area contributed by atoms with Crippen molar-refractivity contribution in [1.82, 2.24) is 10.3 Å². The zero-order chi connectivity index (χ0) is 15.7. The first-order valence-corrected chi connectivity index (χ1v) is 5.20. The highest BCUT2D eigenvalue weighted by molar-refractivity contribution is 5.94. The predicted molar refractivity (Wildman–Crippen MR) is 65.7 cm³/mol. The minimum absolute atomic E-state index is 0.132. The summed E-state index contributed by atoms with van der Waals surface area (Å²) in [4.78, 5) is 46.8. The van der Waals surface area contributed by atoms with Crippen LogP contribution in [0.15, 0.2) is 17.1 Å². The van der Waals surface area contributed by atoms with Gasteiger partial charge in [-0.1, -0.05) is 0 Å². The number of pyridine rings is 1. The zero-order valence-electron chi connectivity index (χ0n) is 10.6. The third-order valence-electron chi connectivity index (χ3n) is 1.81. The summed E-state index contributed by atoms with van der Waals surface area (Å²) in [6.45, 7) is 1.69. The molecule has 0 fully saturated rings. The van der Waals surface area contributed by atoms with Crippen LogP contribution in [0.3, 0.4) is 0 Å². The van der Waals surface area contributed by atoms with Crippen molar-refractivity contribution < 1.29 is 19.6 Å². The smallest absolute Gasteiger partial charge is 0.294 e. The highest BCUT2D eigenvalue weighted by Crippen LogP contribution is 2.07. The Hall–Kier alpha value is -2.98. The van der Waals surface area contributed by atoms with Gasteiger partial charge >= 0.3 is 0 Å². The first kappa shape index (κ1) is 17.0. The topological polar surface area (TPSA) is 157 Å². The zero-order valence-corrected chi connectivity index (χ0v) is 10.6. The molecule has 1 amide bonds. The van der Waals surface area contributed by atoms with Crippen molar-refractivity contribution in [2.75, 3.05) is 13.7 Å². The first-order valence-electron chi connectivity index (χ1n) is 5.20. The van der Waals surface area contributed by atoms with Crippen molar-refractivity contribution in [2.45, 2.75) is 6.92 Å². The van der Waals surface area contributed by atoms with Gasteiger partial charge in [0.2, 0.25) is 0 Å². The maximum Gasteiger partial charge on any atom is 0.294 e. The van der Waals surface area contributed by atoms with Crippen LogP contribution >= 0.6 is 0 Å². The van der Waals surface area contributed by atoms with Crippen LogP contribution in [0, 0.1) is 20.2 Å². The predicted octanol–water partition coefficient (Wildman–Crippen LogP) is -0.143. The minimum atomic E-state index is -0.819. The van der Waals surface area contributed by atoms with Gasteiger partial charge in [-0.3, -0.25) is 19.7 Å². The van der Waals surface area contributed by atoms with Crippen LogP contribution in [0.2, 0.25) is 0 Å². The minimum Gasteiger partial charge on any atom is -0.355 e. The molecule has 11 heteroatoms. The number of aromatic nitrogens is 1. The SMILES string of the molecule is CCO[N+](=O)[O-].CNC(=O)c1cc([N+](=O)[O-])c[nH]c1=O. The molecule has 0 atom stereocenters. The normalized spacial score (nSPS) is 8.90. The van der Waals surface area contributed by atoms with E-state index in [0.29, 0.717) is 0 Å². The molecule has 0 aliphatic heterocycles. The second-order valence-corrected chi connectivity index (χ2v) is 3.08. The van der Waals surface area contributed by atoms with Gasteiger partial charge in [-0.25, -0.2) is 0 Å². The van der Waals surface area contributed by atoms with E-state index in [4.69, 9.17) is 0 Å². The monoisotopic (exact) mass is 288 g/mol. The summed E-state index contributed by atoms with van der Waals surface area (Å²) in [6, 6.07) is 0.928. The molecular weight excluding hydrogens is 276 g/mol. The lowest BCUT2D eigenvalue weighted by Gasteiger charge is -1.97. The lowest BCUT2D eigenvalue weighted by Crippen LogP contribution is -2.26. The Morgan fingerprint density at radius 2 is 2.05 bits per heavy atom. The van der Waals surface area contributed by atoms with Gasteiger partial charge in [0.25, 0.3) is 22.2 Å². The number of nitrogens with zero attached hydrogens (tertiary/aromatic N) is 2. The van der Waals surface area contributed by atoms with E-state index in [0.717, 1.165) is 12.3 Å². The fourth-order valence-corrected chi connectivity index (χ4v) is 0.986. The Bertz CT molecular complexity index is 553. The molecule has 1 aromatic rings. The van der Waals surface area contributed by atoms with E-state index in [1.165, 1.54) is 7.05 Å². The maximum absolute atomic E-state index is 11.1. The average molecular weight is 288 g/mol. The van der Waals surface area contributed by atoms with Gasteiger partial charge < -0.3 is 15.1 Å². The molecule has 0 aromatic carbocycles. The number of rotatable bonds is 4. The lowest BCUT2D eigenvalue weighted by molar-refractivity contribution is -0.756. The van der Waals surface area contributed by atoms with Crippen LogP contribution in [0.5, 0.6) is 0 Å². The van der Waals surface area contributed by atoms with E-state index < -0.39 is 21.5 Å². The van der Waals surface area contributed by atoms with Crippen molar-refractivity contribution in [2.24, 2.45) is 0 Å². The number of nitrogens with one attached hydrogen (secondary N) is 2. The maximum atomic E-state index is 11.1. The molecule has 1 aromatic heterocycles. The largest absolute Gasteiger partial charge is 0.355 e. The lowest BCUT2D eigenvalue weighted by atomic mass is 10.2. The number of amides is 1. The van der Waals surface area contributed by atoms with Crippen molar-refractivity contribution >= 4 is 11.6 Å².